The van der Waals surface area contributed by atoms with Gasteiger partial charge in [0.25, 0.3) is 0 Å². The Morgan fingerprint density at radius 3 is 2.50 bits per heavy atom. The predicted molar refractivity (Wildman–Crippen MR) is 64.3 cm³/mol. The normalized spacial score (nSPS) is 19.5. The van der Waals surface area contributed by atoms with Crippen LogP contribution in [0, 0.1) is 5.92 Å². The molecule has 0 aliphatic heterocycles. The number of urea groups is 1. The maximum Gasteiger partial charge on any atom is 0.315 e. The predicted octanol–water partition coefficient (Wildman–Crippen LogP) is 1.64. The van der Waals surface area contributed by atoms with E-state index in [1.54, 1.807) is 0 Å². The molecule has 0 aromatic carbocycles. The third-order valence-electron chi connectivity index (χ3n) is 3.18. The van der Waals surface area contributed by atoms with Crippen molar-refractivity contribution in [3.8, 4) is 0 Å². The molecule has 0 heterocycles. The summed E-state index contributed by atoms with van der Waals surface area (Å²) in [6, 6.07) is 0.177. The number of nitrogens with one attached hydrogen (secondary N) is 2. The lowest BCUT2D eigenvalue weighted by Crippen LogP contribution is -2.45. The van der Waals surface area contributed by atoms with E-state index in [2.05, 4.69) is 10.6 Å². The lowest BCUT2D eigenvalue weighted by molar-refractivity contribution is 0.124. The van der Waals surface area contributed by atoms with Gasteiger partial charge in [-0.05, 0) is 18.8 Å². The van der Waals surface area contributed by atoms with Crippen molar-refractivity contribution in [3.63, 3.8) is 0 Å². The quantitative estimate of drug-likeness (QED) is 0.685. The minimum Gasteiger partial charge on any atom is -0.391 e. The van der Waals surface area contributed by atoms with Gasteiger partial charge in [-0.15, -0.1) is 0 Å². The van der Waals surface area contributed by atoms with Gasteiger partial charge in [0.2, 0.25) is 0 Å². The number of rotatable bonds is 4. The number of aliphatic hydroxyl groups excluding tert-OH is 1. The van der Waals surface area contributed by atoms with Crippen LogP contribution in [0.15, 0.2) is 0 Å². The fourth-order valence-electron chi connectivity index (χ4n) is 1.92. The van der Waals surface area contributed by atoms with Crippen LogP contribution >= 0.6 is 0 Å². The molecule has 0 radical (unpaired) electrons. The molecule has 0 bridgehead atoms. The SMILES string of the molecule is CC(C)C(O)CNC(=O)NC1CCCCC1. The Kier molecular flexibility index (Phi) is 5.60. The highest BCUT2D eigenvalue weighted by molar-refractivity contribution is 5.74. The van der Waals surface area contributed by atoms with Crippen molar-refractivity contribution < 1.29 is 9.90 Å². The highest BCUT2D eigenvalue weighted by Crippen LogP contribution is 2.17. The average Bonchev–Trinajstić information content (AvgIpc) is 2.27. The van der Waals surface area contributed by atoms with E-state index in [4.69, 9.17) is 0 Å². The number of hydrogen-bond donors (Lipinski definition) is 3. The largest absolute Gasteiger partial charge is 0.391 e. The topological polar surface area (TPSA) is 61.4 Å². The number of aliphatic hydroxyl groups is 1. The first-order valence-corrected chi connectivity index (χ1v) is 6.32. The van der Waals surface area contributed by atoms with Crippen LogP contribution in [0.1, 0.15) is 46.0 Å². The smallest absolute Gasteiger partial charge is 0.315 e. The minimum atomic E-state index is -0.461. The van der Waals surface area contributed by atoms with Crippen molar-refractivity contribution in [1.29, 1.82) is 0 Å². The van der Waals surface area contributed by atoms with E-state index in [-0.39, 0.29) is 11.9 Å². The molecule has 0 spiro atoms. The van der Waals surface area contributed by atoms with Crippen molar-refractivity contribution in [2.24, 2.45) is 5.92 Å². The standard InChI is InChI=1S/C12H24N2O2/c1-9(2)11(15)8-13-12(16)14-10-6-4-3-5-7-10/h9-11,15H,3-8H2,1-2H3,(H2,13,14,16). The third-order valence-corrected chi connectivity index (χ3v) is 3.18. The molecule has 2 amide bonds. The van der Waals surface area contributed by atoms with E-state index in [0.29, 0.717) is 12.6 Å². The number of carbonyl (C=O) groups excluding carboxylic acids is 1. The fraction of sp³-hybridized carbons (Fsp3) is 0.917. The molecule has 1 rings (SSSR count). The van der Waals surface area contributed by atoms with Gasteiger partial charge in [-0.25, -0.2) is 4.79 Å². The molecule has 4 heteroatoms. The number of hydrogen-bond acceptors (Lipinski definition) is 2. The fourth-order valence-corrected chi connectivity index (χ4v) is 1.92. The van der Waals surface area contributed by atoms with Gasteiger partial charge in [0.15, 0.2) is 0 Å². The lowest BCUT2D eigenvalue weighted by atomic mass is 9.96. The number of carbonyl (C=O) groups is 1. The molecule has 0 aromatic rings. The van der Waals surface area contributed by atoms with Gasteiger partial charge < -0.3 is 15.7 Å². The Morgan fingerprint density at radius 1 is 1.31 bits per heavy atom. The first-order chi connectivity index (χ1) is 7.59. The molecule has 4 nitrogen and oxygen atoms in total. The Balaban J connectivity index is 2.14. The molecule has 0 saturated heterocycles. The summed E-state index contributed by atoms with van der Waals surface area (Å²) in [4.78, 5) is 11.5. The van der Waals surface area contributed by atoms with Crippen LogP contribution in [0.25, 0.3) is 0 Å². The van der Waals surface area contributed by atoms with Crippen LogP contribution in [-0.4, -0.2) is 29.8 Å². The zero-order valence-corrected chi connectivity index (χ0v) is 10.3. The first-order valence-electron chi connectivity index (χ1n) is 6.32. The molecule has 94 valence electrons. The van der Waals surface area contributed by atoms with Crippen molar-refractivity contribution in [3.05, 3.63) is 0 Å². The summed E-state index contributed by atoms with van der Waals surface area (Å²) in [6.45, 7) is 4.20. The molecule has 3 N–H and O–H groups in total. The second-order valence-corrected chi connectivity index (χ2v) is 5.00. The van der Waals surface area contributed by atoms with E-state index in [0.717, 1.165) is 12.8 Å². The molecule has 1 aliphatic carbocycles. The molecule has 1 fully saturated rings. The van der Waals surface area contributed by atoms with Crippen LogP contribution in [-0.2, 0) is 0 Å². The molecule has 1 saturated carbocycles. The third kappa shape index (κ3) is 4.84. The molecular formula is C12H24N2O2. The second-order valence-electron chi connectivity index (χ2n) is 5.00. The van der Waals surface area contributed by atoms with Gasteiger partial charge in [-0.3, -0.25) is 0 Å². The van der Waals surface area contributed by atoms with Crippen molar-refractivity contribution in [2.75, 3.05) is 6.54 Å². The Morgan fingerprint density at radius 2 is 1.94 bits per heavy atom. The maximum absolute atomic E-state index is 11.5. The Hall–Kier alpha value is -0.770. The summed E-state index contributed by atoms with van der Waals surface area (Å²) in [5.74, 6) is 0.176. The van der Waals surface area contributed by atoms with E-state index in [9.17, 15) is 9.90 Å². The summed E-state index contributed by atoms with van der Waals surface area (Å²) in [7, 11) is 0. The van der Waals surface area contributed by atoms with E-state index in [1.165, 1.54) is 19.3 Å². The summed E-state index contributed by atoms with van der Waals surface area (Å²) in [6.07, 6.45) is 5.41. The van der Waals surface area contributed by atoms with Gasteiger partial charge >= 0.3 is 6.03 Å². The average molecular weight is 228 g/mol. The molecular weight excluding hydrogens is 204 g/mol. The molecule has 1 aliphatic rings. The lowest BCUT2D eigenvalue weighted by Gasteiger charge is -2.23. The van der Waals surface area contributed by atoms with Crippen molar-refractivity contribution in [1.82, 2.24) is 10.6 Å². The van der Waals surface area contributed by atoms with Gasteiger partial charge in [0.1, 0.15) is 0 Å². The van der Waals surface area contributed by atoms with Crippen molar-refractivity contribution >= 4 is 6.03 Å². The summed E-state index contributed by atoms with van der Waals surface area (Å²) in [5.41, 5.74) is 0. The van der Waals surface area contributed by atoms with Gasteiger partial charge in [-0.2, -0.15) is 0 Å². The van der Waals surface area contributed by atoms with E-state index < -0.39 is 6.10 Å². The van der Waals surface area contributed by atoms with Crippen LogP contribution in [0.4, 0.5) is 4.79 Å². The maximum atomic E-state index is 11.5. The summed E-state index contributed by atoms with van der Waals surface area (Å²) in [5, 5.41) is 15.2. The molecule has 16 heavy (non-hydrogen) atoms. The zero-order chi connectivity index (χ0) is 12.0. The van der Waals surface area contributed by atoms with Crippen LogP contribution in [0.5, 0.6) is 0 Å². The first kappa shape index (κ1) is 13.3. The second kappa shape index (κ2) is 6.74. The van der Waals surface area contributed by atoms with Crippen LogP contribution < -0.4 is 10.6 Å². The van der Waals surface area contributed by atoms with Gasteiger partial charge in [0, 0.05) is 12.6 Å². The highest BCUT2D eigenvalue weighted by Gasteiger charge is 2.16. The Labute approximate surface area is 97.8 Å². The summed E-state index contributed by atoms with van der Waals surface area (Å²) >= 11 is 0. The zero-order valence-electron chi connectivity index (χ0n) is 10.3. The van der Waals surface area contributed by atoms with Gasteiger partial charge in [-0.1, -0.05) is 33.1 Å². The van der Waals surface area contributed by atoms with Gasteiger partial charge in [0.05, 0.1) is 6.10 Å². The molecule has 1 unspecified atom stereocenters. The molecule has 0 aromatic heterocycles. The van der Waals surface area contributed by atoms with Crippen LogP contribution in [0.2, 0.25) is 0 Å². The highest BCUT2D eigenvalue weighted by atomic mass is 16.3. The minimum absolute atomic E-state index is 0.147. The number of amides is 2. The van der Waals surface area contributed by atoms with E-state index in [1.807, 2.05) is 13.8 Å². The van der Waals surface area contributed by atoms with E-state index >= 15 is 0 Å². The van der Waals surface area contributed by atoms with Crippen LogP contribution in [0.3, 0.4) is 0 Å². The monoisotopic (exact) mass is 228 g/mol. The Bertz CT molecular complexity index is 213. The summed E-state index contributed by atoms with van der Waals surface area (Å²) < 4.78 is 0. The molecule has 1 atom stereocenters. The van der Waals surface area contributed by atoms with Crippen molar-refractivity contribution in [2.45, 2.75) is 58.1 Å².